The van der Waals surface area contributed by atoms with E-state index in [2.05, 4.69) is 13.8 Å². The van der Waals surface area contributed by atoms with Crippen molar-refractivity contribution in [2.45, 2.75) is 45.3 Å². The van der Waals surface area contributed by atoms with Crippen LogP contribution in [0.4, 0.5) is 4.39 Å². The number of carbonyl (C=O) groups excluding carboxylic acids is 1. The summed E-state index contributed by atoms with van der Waals surface area (Å²) in [7, 11) is 0. The van der Waals surface area contributed by atoms with Crippen LogP contribution in [0, 0.1) is 11.3 Å². The van der Waals surface area contributed by atoms with Gasteiger partial charge in [-0.1, -0.05) is 13.8 Å². The number of aliphatic hydroxyl groups excluding tert-OH is 1. The molecule has 0 aromatic heterocycles. The Balaban J connectivity index is 1.95. The van der Waals surface area contributed by atoms with Crippen molar-refractivity contribution in [2.24, 2.45) is 11.3 Å². The highest BCUT2D eigenvalue weighted by Crippen LogP contribution is 2.46. The van der Waals surface area contributed by atoms with Crippen molar-refractivity contribution in [2.75, 3.05) is 13.2 Å². The Hall–Kier alpha value is -0.640. The second kappa shape index (κ2) is 3.99. The van der Waals surface area contributed by atoms with Gasteiger partial charge >= 0.3 is 0 Å². The number of hydrogen-bond donors (Lipinski definition) is 1. The second-order valence-corrected chi connectivity index (χ2v) is 5.93. The summed E-state index contributed by atoms with van der Waals surface area (Å²) in [5, 5.41) is 9.12. The molecule has 1 saturated carbocycles. The van der Waals surface area contributed by atoms with Crippen molar-refractivity contribution >= 4 is 5.91 Å². The molecule has 3 nitrogen and oxygen atoms in total. The largest absolute Gasteiger partial charge is 0.394 e. The summed E-state index contributed by atoms with van der Waals surface area (Å²) in [5.74, 6) is 0.0906. The van der Waals surface area contributed by atoms with E-state index in [1.165, 1.54) is 0 Å². The fraction of sp³-hybridized carbons (Fsp3) is 0.917. The molecule has 1 amide bonds. The summed E-state index contributed by atoms with van der Waals surface area (Å²) in [5.41, 5.74) is 0.254. The first-order chi connectivity index (χ1) is 7.43. The van der Waals surface area contributed by atoms with Gasteiger partial charge in [0.2, 0.25) is 5.91 Å². The van der Waals surface area contributed by atoms with Crippen LogP contribution in [0.2, 0.25) is 0 Å². The molecule has 2 aliphatic rings. The quantitative estimate of drug-likeness (QED) is 0.776. The van der Waals surface area contributed by atoms with Crippen LogP contribution in [-0.4, -0.2) is 41.3 Å². The molecule has 0 aromatic rings. The molecule has 0 unspecified atom stereocenters. The maximum Gasteiger partial charge on any atom is 0.226 e. The van der Waals surface area contributed by atoms with Gasteiger partial charge < -0.3 is 10.0 Å². The van der Waals surface area contributed by atoms with E-state index in [9.17, 15) is 9.18 Å². The summed E-state index contributed by atoms with van der Waals surface area (Å²) < 4.78 is 13.2. The van der Waals surface area contributed by atoms with Crippen molar-refractivity contribution in [3.05, 3.63) is 0 Å². The number of rotatable bonds is 2. The smallest absolute Gasteiger partial charge is 0.226 e. The number of halogens is 1. The van der Waals surface area contributed by atoms with E-state index in [0.29, 0.717) is 6.42 Å². The van der Waals surface area contributed by atoms with E-state index in [1.807, 2.05) is 0 Å². The van der Waals surface area contributed by atoms with Crippen molar-refractivity contribution < 1.29 is 14.3 Å². The molecule has 0 bridgehead atoms. The first-order valence-corrected chi connectivity index (χ1v) is 5.98. The lowest BCUT2D eigenvalue weighted by Crippen LogP contribution is -2.47. The predicted molar refractivity (Wildman–Crippen MR) is 58.6 cm³/mol. The van der Waals surface area contributed by atoms with E-state index < -0.39 is 6.17 Å². The lowest BCUT2D eigenvalue weighted by atomic mass is 9.64. The second-order valence-electron chi connectivity index (χ2n) is 5.93. The van der Waals surface area contributed by atoms with Crippen LogP contribution < -0.4 is 0 Å². The molecule has 0 spiro atoms. The van der Waals surface area contributed by atoms with Gasteiger partial charge in [-0.3, -0.25) is 4.79 Å². The maximum atomic E-state index is 13.2. The third kappa shape index (κ3) is 2.08. The van der Waals surface area contributed by atoms with Crippen molar-refractivity contribution in [3.8, 4) is 0 Å². The molecule has 0 radical (unpaired) electrons. The topological polar surface area (TPSA) is 40.5 Å². The number of hydrogen-bond acceptors (Lipinski definition) is 2. The number of amides is 1. The average Bonchev–Trinajstić information content (AvgIpc) is 2.54. The zero-order valence-electron chi connectivity index (χ0n) is 9.95. The highest BCUT2D eigenvalue weighted by Gasteiger charge is 2.45. The van der Waals surface area contributed by atoms with Crippen LogP contribution >= 0.6 is 0 Å². The highest BCUT2D eigenvalue weighted by atomic mass is 19.1. The van der Waals surface area contributed by atoms with Crippen LogP contribution in [0.5, 0.6) is 0 Å². The van der Waals surface area contributed by atoms with E-state index in [-0.39, 0.29) is 36.4 Å². The van der Waals surface area contributed by atoms with Crippen LogP contribution in [0.25, 0.3) is 0 Å². The molecule has 16 heavy (non-hydrogen) atoms. The Morgan fingerprint density at radius 3 is 2.62 bits per heavy atom. The fourth-order valence-corrected chi connectivity index (χ4v) is 2.99. The molecule has 0 aromatic carbocycles. The van der Waals surface area contributed by atoms with Gasteiger partial charge in [-0.25, -0.2) is 4.39 Å². The Bertz CT molecular complexity index is 285. The molecule has 2 atom stereocenters. The fourth-order valence-electron chi connectivity index (χ4n) is 2.99. The van der Waals surface area contributed by atoms with Crippen molar-refractivity contribution in [3.63, 3.8) is 0 Å². The third-order valence-corrected chi connectivity index (χ3v) is 3.80. The average molecular weight is 229 g/mol. The van der Waals surface area contributed by atoms with Gasteiger partial charge in [-0.05, 0) is 18.3 Å². The monoisotopic (exact) mass is 229 g/mol. The molecular formula is C12H20FNO2. The zero-order chi connectivity index (χ0) is 11.9. The first kappa shape index (κ1) is 11.8. The van der Waals surface area contributed by atoms with Gasteiger partial charge in [0.15, 0.2) is 0 Å². The normalized spacial score (nSPS) is 33.9. The Morgan fingerprint density at radius 1 is 1.50 bits per heavy atom. The Kier molecular flexibility index (Phi) is 2.95. The van der Waals surface area contributed by atoms with Gasteiger partial charge in [0, 0.05) is 12.3 Å². The summed E-state index contributed by atoms with van der Waals surface area (Å²) >= 11 is 0. The first-order valence-electron chi connectivity index (χ1n) is 5.98. The summed E-state index contributed by atoms with van der Waals surface area (Å²) in [4.78, 5) is 13.6. The Morgan fingerprint density at radius 2 is 2.12 bits per heavy atom. The number of likely N-dealkylation sites (tertiary alicyclic amines) is 1. The molecule has 4 heteroatoms. The molecule has 2 rings (SSSR count). The summed E-state index contributed by atoms with van der Waals surface area (Å²) in [6.07, 6.45) is 1.10. The van der Waals surface area contributed by atoms with E-state index in [1.54, 1.807) is 4.90 Å². The molecular weight excluding hydrogens is 209 g/mol. The van der Waals surface area contributed by atoms with Gasteiger partial charge in [0.25, 0.3) is 0 Å². The number of carbonyl (C=O) groups is 1. The molecule has 2 fully saturated rings. The highest BCUT2D eigenvalue weighted by molar-refractivity contribution is 5.80. The molecule has 1 N–H and O–H groups in total. The number of alkyl halides is 1. The predicted octanol–water partition coefficient (Wildman–Crippen LogP) is 1.35. The van der Waals surface area contributed by atoms with Crippen LogP contribution in [-0.2, 0) is 4.79 Å². The summed E-state index contributed by atoms with van der Waals surface area (Å²) in [6.45, 7) is 4.33. The van der Waals surface area contributed by atoms with E-state index in [0.717, 1.165) is 12.8 Å². The van der Waals surface area contributed by atoms with Gasteiger partial charge in [-0.2, -0.15) is 0 Å². The lowest BCUT2D eigenvalue weighted by molar-refractivity contribution is -0.144. The standard InChI is InChI=1S/C12H20FNO2/c1-12(2)4-8(5-12)11(16)14-6-9(13)3-10(14)7-15/h8-10,15H,3-7H2,1-2H3/t9-,10-/m0/s1. The van der Waals surface area contributed by atoms with Gasteiger partial charge in [0.05, 0.1) is 19.2 Å². The zero-order valence-corrected chi connectivity index (χ0v) is 9.95. The van der Waals surface area contributed by atoms with Crippen molar-refractivity contribution in [1.29, 1.82) is 0 Å². The summed E-state index contributed by atoms with van der Waals surface area (Å²) in [6, 6.07) is -0.300. The minimum absolute atomic E-state index is 0.0403. The minimum atomic E-state index is -0.964. The van der Waals surface area contributed by atoms with Gasteiger partial charge in [0.1, 0.15) is 6.17 Å². The van der Waals surface area contributed by atoms with Gasteiger partial charge in [-0.15, -0.1) is 0 Å². The van der Waals surface area contributed by atoms with Crippen molar-refractivity contribution in [1.82, 2.24) is 4.90 Å². The molecule has 1 heterocycles. The van der Waals surface area contributed by atoms with E-state index >= 15 is 0 Å². The van der Waals surface area contributed by atoms with E-state index in [4.69, 9.17) is 5.11 Å². The Labute approximate surface area is 95.6 Å². The molecule has 1 aliphatic carbocycles. The number of aliphatic hydroxyl groups is 1. The van der Waals surface area contributed by atoms with Crippen LogP contribution in [0.3, 0.4) is 0 Å². The lowest BCUT2D eigenvalue weighted by Gasteiger charge is -2.43. The third-order valence-electron chi connectivity index (χ3n) is 3.80. The van der Waals surface area contributed by atoms with Crippen LogP contribution in [0.15, 0.2) is 0 Å². The maximum absolute atomic E-state index is 13.2. The minimum Gasteiger partial charge on any atom is -0.394 e. The number of nitrogens with zero attached hydrogens (tertiary/aromatic N) is 1. The molecule has 1 aliphatic heterocycles. The molecule has 1 saturated heterocycles. The molecule has 92 valence electrons. The van der Waals surface area contributed by atoms with Crippen LogP contribution in [0.1, 0.15) is 33.1 Å². The SMILES string of the molecule is CC1(C)CC(C(=O)N2C[C@@H](F)C[C@H]2CO)C1.